The minimum Gasteiger partial charge on any atom is -0.289 e. The molecule has 0 bridgehead atoms. The van der Waals surface area contributed by atoms with Crippen LogP contribution in [0.3, 0.4) is 0 Å². The van der Waals surface area contributed by atoms with E-state index in [9.17, 15) is 13.2 Å². The second-order valence-corrected chi connectivity index (χ2v) is 11.4. The molecule has 25 heavy (non-hydrogen) atoms. The van der Waals surface area contributed by atoms with Crippen LogP contribution in [0.1, 0.15) is 38.3 Å². The van der Waals surface area contributed by atoms with Gasteiger partial charge in [-0.1, -0.05) is 69.0 Å². The number of sulfone groups is 1. The number of nitrogens with zero attached hydrogens (tertiary/aromatic N) is 1. The molecule has 3 rings (SSSR count). The van der Waals surface area contributed by atoms with E-state index in [-0.39, 0.29) is 28.9 Å². The first-order valence-corrected chi connectivity index (χ1v) is 11.2. The quantitative estimate of drug-likeness (QED) is 0.568. The summed E-state index contributed by atoms with van der Waals surface area (Å²) in [5.41, 5.74) is 2.25. The molecule has 0 radical (unpaired) electrons. The fraction of sp³-hybridized carbons (Fsp3) is 0.444. The number of carbonyl (C=O) groups excluding carboxylic acids is 1. The Labute approximate surface area is 158 Å². The van der Waals surface area contributed by atoms with E-state index in [0.29, 0.717) is 15.6 Å². The molecule has 1 amide bonds. The second kappa shape index (κ2) is 6.52. The van der Waals surface area contributed by atoms with E-state index >= 15 is 0 Å². The number of carbonyl (C=O) groups is 1. The van der Waals surface area contributed by atoms with E-state index < -0.39 is 9.84 Å². The zero-order valence-corrected chi connectivity index (χ0v) is 16.9. The average Bonchev–Trinajstić information content (AvgIpc) is 2.98. The number of thiocarbonyl (C=S) groups is 1. The molecule has 134 valence electrons. The number of hydrogen-bond acceptors (Lipinski definition) is 5. The number of hydrogen-bond donors (Lipinski definition) is 0. The molecule has 2 fully saturated rings. The fourth-order valence-corrected chi connectivity index (χ4v) is 6.10. The van der Waals surface area contributed by atoms with Crippen LogP contribution >= 0.6 is 24.0 Å². The largest absolute Gasteiger partial charge is 0.289 e. The van der Waals surface area contributed by atoms with Crippen molar-refractivity contribution < 1.29 is 13.2 Å². The summed E-state index contributed by atoms with van der Waals surface area (Å²) < 4.78 is 23.8. The van der Waals surface area contributed by atoms with Crippen molar-refractivity contribution in [1.29, 1.82) is 0 Å². The van der Waals surface area contributed by atoms with Gasteiger partial charge in [0.2, 0.25) is 0 Å². The summed E-state index contributed by atoms with van der Waals surface area (Å²) in [5.74, 6) is -0.0494. The third-order valence-electron chi connectivity index (χ3n) is 4.47. The normalized spacial score (nSPS) is 25.2. The maximum Gasteiger partial charge on any atom is 0.266 e. The van der Waals surface area contributed by atoms with Gasteiger partial charge in [0, 0.05) is 0 Å². The Hall–Kier alpha value is -1.18. The number of amides is 1. The van der Waals surface area contributed by atoms with Crippen molar-refractivity contribution in [3.8, 4) is 0 Å². The van der Waals surface area contributed by atoms with Crippen LogP contribution in [0.15, 0.2) is 29.2 Å². The van der Waals surface area contributed by atoms with Crippen molar-refractivity contribution in [2.75, 3.05) is 11.5 Å². The zero-order valence-electron chi connectivity index (χ0n) is 14.5. The van der Waals surface area contributed by atoms with Crippen LogP contribution in [0.5, 0.6) is 0 Å². The molecule has 1 aromatic carbocycles. The second-order valence-electron chi connectivity index (χ2n) is 7.48. The lowest BCUT2D eigenvalue weighted by Crippen LogP contribution is -2.39. The van der Waals surface area contributed by atoms with E-state index in [0.717, 1.165) is 5.56 Å². The predicted molar refractivity (Wildman–Crippen MR) is 107 cm³/mol. The molecule has 2 aliphatic heterocycles. The van der Waals surface area contributed by atoms with Crippen LogP contribution in [-0.4, -0.2) is 41.1 Å². The van der Waals surface area contributed by atoms with Crippen LogP contribution in [0.25, 0.3) is 6.08 Å². The lowest BCUT2D eigenvalue weighted by atomic mass is 9.87. The Bertz CT molecular complexity index is 849. The highest BCUT2D eigenvalue weighted by atomic mass is 32.2. The smallest absolute Gasteiger partial charge is 0.266 e. The van der Waals surface area contributed by atoms with E-state index in [2.05, 4.69) is 32.9 Å². The van der Waals surface area contributed by atoms with Crippen LogP contribution in [0.2, 0.25) is 0 Å². The topological polar surface area (TPSA) is 54.5 Å². The van der Waals surface area contributed by atoms with E-state index in [1.807, 2.05) is 18.2 Å². The Morgan fingerprint density at radius 1 is 1.24 bits per heavy atom. The van der Waals surface area contributed by atoms with Gasteiger partial charge in [-0.05, 0) is 29.0 Å². The lowest BCUT2D eigenvalue weighted by Gasteiger charge is -2.21. The first-order valence-electron chi connectivity index (χ1n) is 8.15. The standard InChI is InChI=1S/C18H21NO3S3/c1-18(2,3)13-6-4-12(5-7-13)10-15-16(20)19(17(23)24-15)14-8-9-25(21,22)11-14/h4-7,10,14H,8-9,11H2,1-3H3/b15-10+/t14-/m1/s1. The van der Waals surface area contributed by atoms with Gasteiger partial charge in [-0.2, -0.15) is 0 Å². The van der Waals surface area contributed by atoms with Crippen molar-refractivity contribution >= 4 is 50.1 Å². The first-order chi connectivity index (χ1) is 11.6. The molecule has 4 nitrogen and oxygen atoms in total. The Kier molecular flexibility index (Phi) is 4.85. The molecule has 1 atom stereocenters. The summed E-state index contributed by atoms with van der Waals surface area (Å²) in [6, 6.07) is 7.79. The molecule has 1 aromatic rings. The molecule has 2 aliphatic rings. The lowest BCUT2D eigenvalue weighted by molar-refractivity contribution is -0.123. The minimum atomic E-state index is -3.06. The third-order valence-corrected chi connectivity index (χ3v) is 7.55. The summed E-state index contributed by atoms with van der Waals surface area (Å²) in [5, 5.41) is 0. The molecule has 7 heteroatoms. The molecular weight excluding hydrogens is 374 g/mol. The highest BCUT2D eigenvalue weighted by Crippen LogP contribution is 2.36. The van der Waals surface area contributed by atoms with Crippen molar-refractivity contribution in [3.05, 3.63) is 40.3 Å². The fourth-order valence-electron chi connectivity index (χ4n) is 3.00. The molecule has 0 aliphatic carbocycles. The van der Waals surface area contributed by atoms with Crippen LogP contribution < -0.4 is 0 Å². The van der Waals surface area contributed by atoms with Crippen LogP contribution in [0.4, 0.5) is 0 Å². The predicted octanol–water partition coefficient (Wildman–Crippen LogP) is 3.37. The van der Waals surface area contributed by atoms with E-state index in [1.165, 1.54) is 22.2 Å². The Balaban J connectivity index is 1.81. The van der Waals surface area contributed by atoms with Crippen LogP contribution in [-0.2, 0) is 20.0 Å². The van der Waals surface area contributed by atoms with Crippen molar-refractivity contribution in [1.82, 2.24) is 4.90 Å². The van der Waals surface area contributed by atoms with Gasteiger partial charge in [0.25, 0.3) is 5.91 Å². The third kappa shape index (κ3) is 3.99. The Morgan fingerprint density at radius 3 is 2.40 bits per heavy atom. The maximum absolute atomic E-state index is 12.7. The first kappa shape index (κ1) is 18.6. The highest BCUT2D eigenvalue weighted by molar-refractivity contribution is 8.26. The molecular formula is C18H21NO3S3. The average molecular weight is 396 g/mol. The minimum absolute atomic E-state index is 0.00694. The highest BCUT2D eigenvalue weighted by Gasteiger charge is 2.42. The van der Waals surface area contributed by atoms with Gasteiger partial charge in [-0.25, -0.2) is 8.42 Å². The summed E-state index contributed by atoms with van der Waals surface area (Å²) >= 11 is 6.57. The van der Waals surface area contributed by atoms with Gasteiger partial charge >= 0.3 is 0 Å². The van der Waals surface area contributed by atoms with Gasteiger partial charge < -0.3 is 0 Å². The Morgan fingerprint density at radius 2 is 1.88 bits per heavy atom. The van der Waals surface area contributed by atoms with E-state index in [4.69, 9.17) is 12.2 Å². The van der Waals surface area contributed by atoms with E-state index in [1.54, 1.807) is 0 Å². The molecule has 0 aromatic heterocycles. The monoisotopic (exact) mass is 395 g/mol. The maximum atomic E-state index is 12.7. The van der Waals surface area contributed by atoms with Gasteiger partial charge in [-0.3, -0.25) is 9.69 Å². The summed E-state index contributed by atoms with van der Waals surface area (Å²) in [6.07, 6.45) is 2.29. The molecule has 0 unspecified atom stereocenters. The van der Waals surface area contributed by atoms with Crippen molar-refractivity contribution in [2.24, 2.45) is 0 Å². The molecule has 2 saturated heterocycles. The molecule has 0 N–H and O–H groups in total. The summed E-state index contributed by atoms with van der Waals surface area (Å²) in [6.45, 7) is 6.47. The number of benzene rings is 1. The summed E-state index contributed by atoms with van der Waals surface area (Å²) in [7, 11) is -3.06. The van der Waals surface area contributed by atoms with Gasteiger partial charge in [0.15, 0.2) is 9.84 Å². The summed E-state index contributed by atoms with van der Waals surface area (Å²) in [4.78, 5) is 14.7. The van der Waals surface area contributed by atoms with Crippen LogP contribution in [0, 0.1) is 0 Å². The van der Waals surface area contributed by atoms with Crippen molar-refractivity contribution in [3.63, 3.8) is 0 Å². The van der Waals surface area contributed by atoms with Gasteiger partial charge in [-0.15, -0.1) is 0 Å². The van der Waals surface area contributed by atoms with Crippen molar-refractivity contribution in [2.45, 2.75) is 38.6 Å². The SMILES string of the molecule is CC(C)(C)c1ccc(/C=C2/SC(=S)N([C@@H]3CCS(=O)(=O)C3)C2=O)cc1. The number of thioether (sulfide) groups is 1. The molecule has 0 saturated carbocycles. The number of rotatable bonds is 2. The van der Waals surface area contributed by atoms with Gasteiger partial charge in [0.05, 0.1) is 22.5 Å². The molecule has 2 heterocycles. The van der Waals surface area contributed by atoms with Gasteiger partial charge in [0.1, 0.15) is 4.32 Å². The zero-order chi connectivity index (χ0) is 18.4. The molecule has 0 spiro atoms.